The molecule has 3 fully saturated rings. The summed E-state index contributed by atoms with van der Waals surface area (Å²) in [5.74, 6) is -0.0516. The normalized spacial score (nSPS) is 25.9. The van der Waals surface area contributed by atoms with Gasteiger partial charge in [-0.2, -0.15) is 4.98 Å². The van der Waals surface area contributed by atoms with Crippen molar-refractivity contribution in [2.75, 3.05) is 6.61 Å². The van der Waals surface area contributed by atoms with E-state index in [0.717, 1.165) is 50.3 Å². The Kier molecular flexibility index (Phi) is 6.31. The molecular formula is C29H32F2N4O2. The summed E-state index contributed by atoms with van der Waals surface area (Å²) in [7, 11) is 0. The Balaban J connectivity index is 1.15. The summed E-state index contributed by atoms with van der Waals surface area (Å²) in [5, 5.41) is 0.829. The summed E-state index contributed by atoms with van der Waals surface area (Å²) >= 11 is 0. The standard InChI is InChI=1S/C29H32F2N4O2/c1-2-37-28-32-16-20-6-5-19(14-26(20)33-28)21-12-24(30)22(25(31)13-21)11-17-7-9-29(10-8-17)15-23(18-3-4-18)27(36)34-35-29/h5-6,12-14,16-18,23,35H,2-4,7-11,15H2,1H3,(H,34,36). The number of nitrogens with one attached hydrogen (secondary N) is 2. The average molecular weight is 507 g/mol. The Labute approximate surface area is 215 Å². The summed E-state index contributed by atoms with van der Waals surface area (Å²) in [6.45, 7) is 2.32. The SMILES string of the molecule is CCOc1ncc2ccc(-c3cc(F)c(CC4CCC5(CC4)CC(C4CC4)C(=O)NN5)c(F)c3)cc2n1. The lowest BCUT2D eigenvalue weighted by atomic mass is 9.69. The molecule has 1 atom stereocenters. The summed E-state index contributed by atoms with van der Waals surface area (Å²) < 4.78 is 35.8. The van der Waals surface area contributed by atoms with Gasteiger partial charge in [0.2, 0.25) is 5.91 Å². The molecule has 2 N–H and O–H groups in total. The number of hydrazine groups is 1. The van der Waals surface area contributed by atoms with Crippen molar-refractivity contribution >= 4 is 16.8 Å². The second-order valence-corrected chi connectivity index (χ2v) is 11.0. The second-order valence-electron chi connectivity index (χ2n) is 11.0. The van der Waals surface area contributed by atoms with E-state index in [9.17, 15) is 4.79 Å². The van der Waals surface area contributed by atoms with Gasteiger partial charge in [-0.15, -0.1) is 0 Å². The van der Waals surface area contributed by atoms with E-state index < -0.39 is 11.6 Å². The molecule has 6 rings (SSSR count). The highest BCUT2D eigenvalue weighted by Gasteiger charge is 2.47. The quantitative estimate of drug-likeness (QED) is 0.462. The molecule has 194 valence electrons. The smallest absolute Gasteiger partial charge is 0.316 e. The van der Waals surface area contributed by atoms with Crippen LogP contribution in [0.3, 0.4) is 0 Å². The highest BCUT2D eigenvalue weighted by atomic mass is 19.1. The molecule has 1 spiro atoms. The molecule has 0 bridgehead atoms. The number of hydrogen-bond acceptors (Lipinski definition) is 5. The maximum absolute atomic E-state index is 15.2. The van der Waals surface area contributed by atoms with Gasteiger partial charge in [-0.05, 0) is 99.5 Å². The van der Waals surface area contributed by atoms with Crippen LogP contribution in [0, 0.1) is 29.4 Å². The van der Waals surface area contributed by atoms with E-state index in [1.54, 1.807) is 12.3 Å². The van der Waals surface area contributed by atoms with E-state index in [-0.39, 0.29) is 34.9 Å². The van der Waals surface area contributed by atoms with Crippen molar-refractivity contribution in [3.05, 3.63) is 53.7 Å². The van der Waals surface area contributed by atoms with E-state index in [1.165, 1.54) is 12.1 Å². The van der Waals surface area contributed by atoms with Crippen molar-refractivity contribution in [1.82, 2.24) is 20.8 Å². The highest BCUT2D eigenvalue weighted by molar-refractivity contribution is 5.84. The molecule has 3 aromatic rings. The van der Waals surface area contributed by atoms with E-state index in [1.807, 2.05) is 19.1 Å². The van der Waals surface area contributed by atoms with Crippen molar-refractivity contribution in [3.8, 4) is 17.1 Å². The molecule has 2 heterocycles. The first-order valence-electron chi connectivity index (χ1n) is 13.4. The van der Waals surface area contributed by atoms with Gasteiger partial charge in [-0.1, -0.05) is 12.1 Å². The van der Waals surface area contributed by atoms with Crippen molar-refractivity contribution in [1.29, 1.82) is 0 Å². The van der Waals surface area contributed by atoms with Crippen LogP contribution in [0.2, 0.25) is 0 Å². The predicted molar refractivity (Wildman–Crippen MR) is 137 cm³/mol. The number of fused-ring (bicyclic) bond motifs is 1. The predicted octanol–water partition coefficient (Wildman–Crippen LogP) is 5.50. The average Bonchev–Trinajstić information content (AvgIpc) is 3.74. The number of carbonyl (C=O) groups excluding carboxylic acids is 1. The third-order valence-electron chi connectivity index (χ3n) is 8.45. The number of benzene rings is 2. The molecule has 2 aromatic carbocycles. The lowest BCUT2D eigenvalue weighted by molar-refractivity contribution is -0.132. The lowest BCUT2D eigenvalue weighted by Gasteiger charge is -2.46. The molecular weight excluding hydrogens is 474 g/mol. The molecule has 2 saturated carbocycles. The van der Waals surface area contributed by atoms with E-state index in [4.69, 9.17) is 4.74 Å². The molecule has 1 saturated heterocycles. The molecule has 3 aliphatic rings. The number of rotatable bonds is 6. The van der Waals surface area contributed by atoms with Crippen LogP contribution in [0.25, 0.3) is 22.0 Å². The van der Waals surface area contributed by atoms with Gasteiger partial charge in [-0.3, -0.25) is 10.2 Å². The number of ether oxygens (including phenoxy) is 1. The van der Waals surface area contributed by atoms with Crippen molar-refractivity contribution in [2.45, 2.75) is 63.8 Å². The van der Waals surface area contributed by atoms with Crippen LogP contribution in [0.5, 0.6) is 6.01 Å². The van der Waals surface area contributed by atoms with E-state index >= 15 is 8.78 Å². The zero-order valence-electron chi connectivity index (χ0n) is 21.0. The van der Waals surface area contributed by atoms with Crippen LogP contribution < -0.4 is 15.6 Å². The molecule has 1 amide bonds. The Hall–Kier alpha value is -3.13. The number of halogens is 2. The minimum Gasteiger partial charge on any atom is -0.464 e. The number of nitrogens with zero attached hydrogens (tertiary/aromatic N) is 2. The fourth-order valence-electron chi connectivity index (χ4n) is 6.13. The maximum Gasteiger partial charge on any atom is 0.316 e. The fraction of sp³-hybridized carbons (Fsp3) is 0.483. The lowest BCUT2D eigenvalue weighted by Crippen LogP contribution is -2.63. The summed E-state index contributed by atoms with van der Waals surface area (Å²) in [6, 6.07) is 8.60. The molecule has 0 radical (unpaired) electrons. The van der Waals surface area contributed by atoms with Crippen LogP contribution >= 0.6 is 0 Å². The van der Waals surface area contributed by atoms with E-state index in [0.29, 0.717) is 35.6 Å². The number of hydrogen-bond donors (Lipinski definition) is 2. The first-order chi connectivity index (χ1) is 17.9. The maximum atomic E-state index is 15.2. The number of amides is 1. The van der Waals surface area contributed by atoms with Gasteiger partial charge in [0.1, 0.15) is 11.6 Å². The second kappa shape index (κ2) is 9.63. The molecule has 6 nitrogen and oxygen atoms in total. The largest absolute Gasteiger partial charge is 0.464 e. The van der Waals surface area contributed by atoms with Crippen LogP contribution in [-0.2, 0) is 11.2 Å². The Morgan fingerprint density at radius 1 is 1.05 bits per heavy atom. The van der Waals surface area contributed by atoms with Crippen LogP contribution in [0.15, 0.2) is 36.5 Å². The van der Waals surface area contributed by atoms with Gasteiger partial charge >= 0.3 is 6.01 Å². The first kappa shape index (κ1) is 24.2. The number of carbonyl (C=O) groups is 1. The highest BCUT2D eigenvalue weighted by Crippen LogP contribution is 2.46. The molecule has 37 heavy (non-hydrogen) atoms. The third-order valence-corrected chi connectivity index (χ3v) is 8.45. The summed E-state index contributed by atoms with van der Waals surface area (Å²) in [5.41, 5.74) is 8.11. The Morgan fingerprint density at radius 3 is 2.51 bits per heavy atom. The summed E-state index contributed by atoms with van der Waals surface area (Å²) in [6.07, 6.45) is 8.81. The van der Waals surface area contributed by atoms with Gasteiger partial charge < -0.3 is 4.74 Å². The van der Waals surface area contributed by atoms with Gasteiger partial charge in [0.15, 0.2) is 0 Å². The van der Waals surface area contributed by atoms with Gasteiger partial charge in [-0.25, -0.2) is 19.2 Å². The first-order valence-corrected chi connectivity index (χ1v) is 13.4. The zero-order valence-corrected chi connectivity index (χ0v) is 21.0. The monoisotopic (exact) mass is 506 g/mol. The molecule has 2 aliphatic carbocycles. The van der Waals surface area contributed by atoms with Gasteiger partial charge in [0.05, 0.1) is 12.1 Å². The molecule has 8 heteroatoms. The van der Waals surface area contributed by atoms with Crippen LogP contribution in [-0.4, -0.2) is 28.0 Å². The molecule has 1 unspecified atom stereocenters. The number of aromatic nitrogens is 2. The summed E-state index contributed by atoms with van der Waals surface area (Å²) in [4.78, 5) is 20.8. The fourth-order valence-corrected chi connectivity index (χ4v) is 6.13. The van der Waals surface area contributed by atoms with E-state index in [2.05, 4.69) is 20.8 Å². The van der Waals surface area contributed by atoms with Crippen molar-refractivity contribution in [3.63, 3.8) is 0 Å². The minimum absolute atomic E-state index is 0.0830. The van der Waals surface area contributed by atoms with Crippen molar-refractivity contribution in [2.24, 2.45) is 17.8 Å². The zero-order chi connectivity index (χ0) is 25.6. The van der Waals surface area contributed by atoms with Crippen LogP contribution in [0.1, 0.15) is 57.4 Å². The Morgan fingerprint density at radius 2 is 1.81 bits per heavy atom. The van der Waals surface area contributed by atoms with Gasteiger partial charge in [0.25, 0.3) is 0 Å². The van der Waals surface area contributed by atoms with Gasteiger partial charge in [0, 0.05) is 28.6 Å². The minimum atomic E-state index is -0.509. The molecule has 1 aliphatic heterocycles. The van der Waals surface area contributed by atoms with Crippen molar-refractivity contribution < 1.29 is 18.3 Å². The molecule has 1 aromatic heterocycles. The topological polar surface area (TPSA) is 76.1 Å². The van der Waals surface area contributed by atoms with Crippen LogP contribution in [0.4, 0.5) is 8.78 Å². The Bertz CT molecular complexity index is 1310. The third kappa shape index (κ3) is 4.91.